The third-order valence-corrected chi connectivity index (χ3v) is 4.11. The molecule has 102 valence electrons. The third-order valence-electron chi connectivity index (χ3n) is 2.87. The van der Waals surface area contributed by atoms with Crippen molar-refractivity contribution in [2.75, 3.05) is 18.2 Å². The lowest BCUT2D eigenvalue weighted by molar-refractivity contribution is -0.125. The Morgan fingerprint density at radius 1 is 1.42 bits per heavy atom. The van der Waals surface area contributed by atoms with Crippen LogP contribution in [-0.2, 0) is 9.59 Å². The molecule has 2 rings (SSSR count). The van der Waals surface area contributed by atoms with Gasteiger partial charge in [-0.3, -0.25) is 9.59 Å². The van der Waals surface area contributed by atoms with Gasteiger partial charge < -0.3 is 15.4 Å². The van der Waals surface area contributed by atoms with E-state index in [9.17, 15) is 9.59 Å². The molecule has 0 unspecified atom stereocenters. The highest BCUT2D eigenvalue weighted by Gasteiger charge is 2.29. The van der Waals surface area contributed by atoms with Crippen molar-refractivity contribution in [1.82, 2.24) is 5.32 Å². The number of carbonyl (C=O) groups is 2. The van der Waals surface area contributed by atoms with Crippen LogP contribution in [0.1, 0.15) is 6.92 Å². The number of anilines is 1. The quantitative estimate of drug-likeness (QED) is 0.874. The second-order valence-electron chi connectivity index (χ2n) is 4.25. The Bertz CT molecular complexity index is 475. The minimum Gasteiger partial charge on any atom is -0.497 e. The molecular weight excluding hydrogens is 264 g/mol. The number of thioether (sulfide) groups is 1. The molecular formula is C13H16N2O3S. The van der Waals surface area contributed by atoms with Crippen LogP contribution in [0.15, 0.2) is 24.3 Å². The maximum atomic E-state index is 12.0. The number of carbonyl (C=O) groups excluding carboxylic acids is 2. The second-order valence-corrected chi connectivity index (χ2v) is 5.63. The van der Waals surface area contributed by atoms with Crippen LogP contribution in [0.5, 0.6) is 5.75 Å². The molecule has 1 aliphatic rings. The molecule has 6 heteroatoms. The van der Waals surface area contributed by atoms with Crippen molar-refractivity contribution in [1.29, 1.82) is 0 Å². The average molecular weight is 280 g/mol. The zero-order valence-corrected chi connectivity index (χ0v) is 11.6. The lowest BCUT2D eigenvalue weighted by Gasteiger charge is -2.25. The van der Waals surface area contributed by atoms with Gasteiger partial charge in [0.15, 0.2) is 0 Å². The highest BCUT2D eigenvalue weighted by atomic mass is 32.2. The van der Waals surface area contributed by atoms with Crippen molar-refractivity contribution >= 4 is 29.3 Å². The number of hydrogen-bond donors (Lipinski definition) is 2. The highest BCUT2D eigenvalue weighted by Crippen LogP contribution is 2.19. The molecule has 1 heterocycles. The summed E-state index contributed by atoms with van der Waals surface area (Å²) in [6.45, 7) is 1.83. The molecule has 0 bridgehead atoms. The average Bonchev–Trinajstić information content (AvgIpc) is 2.42. The minimum atomic E-state index is -0.476. The van der Waals surface area contributed by atoms with Gasteiger partial charge in [-0.2, -0.15) is 0 Å². The van der Waals surface area contributed by atoms with Crippen LogP contribution in [0.4, 0.5) is 5.69 Å². The van der Waals surface area contributed by atoms with Crippen LogP contribution in [-0.4, -0.2) is 36.0 Å². The Hall–Kier alpha value is -1.69. The molecule has 0 spiro atoms. The first-order valence-electron chi connectivity index (χ1n) is 5.97. The number of methoxy groups -OCH3 is 1. The molecule has 1 fully saturated rings. The first-order valence-corrected chi connectivity index (χ1v) is 7.02. The number of hydrogen-bond acceptors (Lipinski definition) is 4. The van der Waals surface area contributed by atoms with Gasteiger partial charge >= 0.3 is 0 Å². The number of amides is 2. The van der Waals surface area contributed by atoms with E-state index in [0.29, 0.717) is 11.4 Å². The largest absolute Gasteiger partial charge is 0.497 e. The van der Waals surface area contributed by atoms with Gasteiger partial charge in [0, 0.05) is 11.4 Å². The Labute approximate surface area is 116 Å². The molecule has 1 aliphatic heterocycles. The monoisotopic (exact) mass is 280 g/mol. The molecule has 1 saturated heterocycles. The van der Waals surface area contributed by atoms with E-state index in [1.165, 1.54) is 11.8 Å². The molecule has 2 amide bonds. The van der Waals surface area contributed by atoms with Gasteiger partial charge in [0.1, 0.15) is 11.8 Å². The zero-order chi connectivity index (χ0) is 13.8. The molecule has 0 aliphatic carbocycles. The Balaban J connectivity index is 1.95. The Morgan fingerprint density at radius 2 is 2.11 bits per heavy atom. The van der Waals surface area contributed by atoms with E-state index in [1.54, 1.807) is 31.4 Å². The molecule has 0 saturated carbocycles. The maximum Gasteiger partial charge on any atom is 0.247 e. The standard InChI is InChI=1S/C13H16N2O3S/c1-8-12(16)15-11(7-19-8)13(17)14-9-3-5-10(18-2)6-4-9/h3-6,8,11H,7H2,1-2H3,(H,14,17)(H,15,16)/t8-,11-/m1/s1. The predicted octanol–water partition coefficient (Wildman–Crippen LogP) is 1.25. The van der Waals surface area contributed by atoms with Crippen molar-refractivity contribution in [3.8, 4) is 5.75 Å². The zero-order valence-electron chi connectivity index (χ0n) is 10.8. The summed E-state index contributed by atoms with van der Waals surface area (Å²) in [5.74, 6) is 1.03. The smallest absolute Gasteiger partial charge is 0.247 e. The first kappa shape index (κ1) is 13.7. The van der Waals surface area contributed by atoms with E-state index in [2.05, 4.69) is 10.6 Å². The Kier molecular flexibility index (Phi) is 4.31. The van der Waals surface area contributed by atoms with E-state index in [0.717, 1.165) is 5.75 Å². The fourth-order valence-corrected chi connectivity index (χ4v) is 2.63. The van der Waals surface area contributed by atoms with E-state index in [4.69, 9.17) is 4.74 Å². The van der Waals surface area contributed by atoms with E-state index < -0.39 is 6.04 Å². The number of ether oxygens (including phenoxy) is 1. The summed E-state index contributed by atoms with van der Waals surface area (Å²) in [7, 11) is 1.59. The molecule has 2 N–H and O–H groups in total. The SMILES string of the molecule is COc1ccc(NC(=O)[C@H]2CS[C@H](C)C(=O)N2)cc1. The van der Waals surface area contributed by atoms with Gasteiger partial charge in [0.25, 0.3) is 0 Å². The molecule has 19 heavy (non-hydrogen) atoms. The normalized spacial score (nSPS) is 22.5. The lowest BCUT2D eigenvalue weighted by Crippen LogP contribution is -2.51. The van der Waals surface area contributed by atoms with E-state index in [-0.39, 0.29) is 17.1 Å². The molecule has 0 radical (unpaired) electrons. The van der Waals surface area contributed by atoms with Crippen molar-refractivity contribution in [2.24, 2.45) is 0 Å². The van der Waals surface area contributed by atoms with Crippen LogP contribution in [0.3, 0.4) is 0 Å². The summed E-state index contributed by atoms with van der Waals surface area (Å²) in [5, 5.41) is 5.40. The van der Waals surface area contributed by atoms with Crippen LogP contribution < -0.4 is 15.4 Å². The molecule has 2 atom stereocenters. The molecule has 1 aromatic rings. The molecule has 5 nitrogen and oxygen atoms in total. The molecule has 1 aromatic carbocycles. The van der Waals surface area contributed by atoms with Crippen LogP contribution in [0.2, 0.25) is 0 Å². The number of nitrogens with one attached hydrogen (secondary N) is 2. The number of benzene rings is 1. The summed E-state index contributed by atoms with van der Waals surface area (Å²) in [5.41, 5.74) is 0.684. The highest BCUT2D eigenvalue weighted by molar-refractivity contribution is 8.00. The van der Waals surface area contributed by atoms with Crippen molar-refractivity contribution in [3.63, 3.8) is 0 Å². The summed E-state index contributed by atoms with van der Waals surface area (Å²) >= 11 is 1.49. The summed E-state index contributed by atoms with van der Waals surface area (Å²) in [6.07, 6.45) is 0. The third kappa shape index (κ3) is 3.41. The van der Waals surface area contributed by atoms with Gasteiger partial charge in [-0.1, -0.05) is 0 Å². The Morgan fingerprint density at radius 3 is 2.68 bits per heavy atom. The number of rotatable bonds is 3. The lowest BCUT2D eigenvalue weighted by atomic mass is 10.2. The van der Waals surface area contributed by atoms with E-state index >= 15 is 0 Å². The van der Waals surface area contributed by atoms with Crippen LogP contribution in [0, 0.1) is 0 Å². The second kappa shape index (κ2) is 5.97. The fourth-order valence-electron chi connectivity index (χ4n) is 1.69. The van der Waals surface area contributed by atoms with Crippen molar-refractivity contribution in [3.05, 3.63) is 24.3 Å². The van der Waals surface area contributed by atoms with Gasteiger partial charge in [0.05, 0.1) is 12.4 Å². The summed E-state index contributed by atoms with van der Waals surface area (Å²) in [4.78, 5) is 23.5. The van der Waals surface area contributed by atoms with Gasteiger partial charge in [-0.15, -0.1) is 11.8 Å². The minimum absolute atomic E-state index is 0.0915. The van der Waals surface area contributed by atoms with Crippen LogP contribution >= 0.6 is 11.8 Å². The fraction of sp³-hybridized carbons (Fsp3) is 0.385. The van der Waals surface area contributed by atoms with Crippen LogP contribution in [0.25, 0.3) is 0 Å². The van der Waals surface area contributed by atoms with Gasteiger partial charge in [0.2, 0.25) is 11.8 Å². The van der Waals surface area contributed by atoms with Gasteiger partial charge in [-0.25, -0.2) is 0 Å². The molecule has 0 aromatic heterocycles. The van der Waals surface area contributed by atoms with Crippen molar-refractivity contribution < 1.29 is 14.3 Å². The maximum absolute atomic E-state index is 12.0. The van der Waals surface area contributed by atoms with E-state index in [1.807, 2.05) is 6.92 Å². The van der Waals surface area contributed by atoms with Crippen molar-refractivity contribution in [2.45, 2.75) is 18.2 Å². The van der Waals surface area contributed by atoms with Gasteiger partial charge in [-0.05, 0) is 31.2 Å². The predicted molar refractivity (Wildman–Crippen MR) is 75.5 cm³/mol. The summed E-state index contributed by atoms with van der Waals surface area (Å²) in [6, 6.07) is 6.59. The summed E-state index contributed by atoms with van der Waals surface area (Å²) < 4.78 is 5.04. The first-order chi connectivity index (χ1) is 9.10. The topological polar surface area (TPSA) is 67.4 Å².